The zero-order chi connectivity index (χ0) is 48.2. The zero-order valence-electron chi connectivity index (χ0n) is 36.3. The molecule has 2 aromatic carbocycles. The molecule has 0 saturated carbocycles. The predicted molar refractivity (Wildman–Crippen MR) is 246 cm³/mol. The number of carbonyl (C=O) groups is 1. The molecule has 2 heterocycles. The normalized spacial score (nSPS) is 21.9. The first-order valence-electron chi connectivity index (χ1n) is 21.0. The monoisotopic (exact) mass is 1000 g/mol. The standard InChI is InChI=1S/C43H55ClN2O15S4/c1-42(21-8-26-62(49,50)51)34-28-32(64(55,56)57)15-17-36(34)45(23-6-4-5-12-40(47)48)38(42)19-13-30-10-7-11-31(41(30)44)14-20-39-43(2,22-9-27-63(52,53)54)35-29-33(65(58,59)60)16-18-37(35)46(39)24-25-61-3/h13-20,28-29H,4-12,21-27H2,1-3H3,(H4-,47,48,49,50,51,52,53,54,55,56,57,58,59,60)/p+1. The summed E-state index contributed by atoms with van der Waals surface area (Å²) in [6, 6.07) is 8.40. The molecule has 1 aliphatic carbocycles. The third-order valence-corrected chi connectivity index (χ3v) is 16.1. The van der Waals surface area contributed by atoms with Crippen LogP contribution < -0.4 is 4.90 Å². The highest BCUT2D eigenvalue weighted by atomic mass is 35.5. The molecule has 2 atom stereocenters. The van der Waals surface area contributed by atoms with Crippen molar-refractivity contribution in [1.29, 1.82) is 0 Å². The number of unbranched alkanes of at least 4 members (excludes halogenated alkanes) is 2. The smallest absolute Gasteiger partial charge is 0.303 e. The van der Waals surface area contributed by atoms with E-state index >= 15 is 0 Å². The average molecular weight is 1000 g/mol. The van der Waals surface area contributed by atoms with Gasteiger partial charge in [-0.1, -0.05) is 23.8 Å². The number of nitrogens with zero attached hydrogens (tertiary/aromatic N) is 2. The van der Waals surface area contributed by atoms with Gasteiger partial charge in [0.1, 0.15) is 6.54 Å². The van der Waals surface area contributed by atoms with Crippen LogP contribution in [0.15, 0.2) is 92.4 Å². The van der Waals surface area contributed by atoms with Crippen molar-refractivity contribution >= 4 is 75.1 Å². The summed E-state index contributed by atoms with van der Waals surface area (Å²) in [5.41, 5.74) is 3.00. The highest BCUT2D eigenvalue weighted by Gasteiger charge is 2.48. The SMILES string of the molecule is COCCN1/C(=C/C=C2\CCCC(/C=C/C3=[N+](CCCCCC(=O)O)c4ccc(S(=O)(=O)O)cc4C3(C)CCCS(=O)(=O)O)=C2Cl)C(C)(CCCS(=O)(=O)O)c2cc(S(=O)(=O)O)ccc21. The van der Waals surface area contributed by atoms with Crippen LogP contribution in [0.1, 0.15) is 95.6 Å². The molecular weight excluding hydrogens is 948 g/mol. The number of carboxylic acids is 1. The number of ether oxygens (including phenoxy) is 1. The van der Waals surface area contributed by atoms with Gasteiger partial charge in [0.2, 0.25) is 5.69 Å². The van der Waals surface area contributed by atoms with Crippen LogP contribution in [-0.2, 0) is 60.8 Å². The summed E-state index contributed by atoms with van der Waals surface area (Å²) in [5, 5.41) is 9.61. The minimum absolute atomic E-state index is 0.00318. The summed E-state index contributed by atoms with van der Waals surface area (Å²) in [7, 11) is -16.4. The number of fused-ring (bicyclic) bond motifs is 2. The second-order valence-corrected chi connectivity index (χ2v) is 23.3. The molecule has 17 nitrogen and oxygen atoms in total. The Bertz CT molecular complexity index is 2800. The predicted octanol–water partition coefficient (Wildman–Crippen LogP) is 6.98. The molecule has 0 spiro atoms. The molecule has 0 aromatic heterocycles. The highest BCUT2D eigenvalue weighted by molar-refractivity contribution is 7.86. The van der Waals surface area contributed by atoms with Crippen LogP contribution in [0.25, 0.3) is 0 Å². The van der Waals surface area contributed by atoms with Gasteiger partial charge in [-0.05, 0) is 125 Å². The molecule has 2 unspecified atom stereocenters. The molecular formula is C43H56ClN2O15S4+. The van der Waals surface area contributed by atoms with E-state index in [-0.39, 0.29) is 48.5 Å². The van der Waals surface area contributed by atoms with E-state index in [0.29, 0.717) is 90.6 Å². The van der Waals surface area contributed by atoms with Crippen molar-refractivity contribution in [3.05, 3.63) is 93.7 Å². The van der Waals surface area contributed by atoms with Gasteiger partial charge in [-0.15, -0.1) is 0 Å². The molecule has 22 heteroatoms. The Morgan fingerprint density at radius 3 is 1.97 bits per heavy atom. The molecule has 2 aliphatic heterocycles. The quantitative estimate of drug-likeness (QED) is 0.0452. The van der Waals surface area contributed by atoms with Crippen molar-refractivity contribution in [3.63, 3.8) is 0 Å². The fraction of sp³-hybridized carbons (Fsp3) is 0.488. The van der Waals surface area contributed by atoms with Gasteiger partial charge in [0, 0.05) is 66.0 Å². The first-order chi connectivity index (χ1) is 30.2. The third kappa shape index (κ3) is 12.8. The zero-order valence-corrected chi connectivity index (χ0v) is 40.3. The van der Waals surface area contributed by atoms with E-state index in [1.165, 1.54) is 31.4 Å². The molecule has 0 saturated heterocycles. The number of rotatable bonds is 22. The van der Waals surface area contributed by atoms with E-state index in [4.69, 9.17) is 16.3 Å². The second-order valence-electron chi connectivity index (χ2n) is 16.9. The van der Waals surface area contributed by atoms with E-state index in [9.17, 15) is 61.8 Å². The van der Waals surface area contributed by atoms with Crippen LogP contribution in [0.2, 0.25) is 0 Å². The Labute approximate surface area is 386 Å². The van der Waals surface area contributed by atoms with Crippen molar-refractivity contribution in [2.45, 2.75) is 105 Å². The first-order valence-corrected chi connectivity index (χ1v) is 27.4. The maximum Gasteiger partial charge on any atom is 0.303 e. The largest absolute Gasteiger partial charge is 0.481 e. The Balaban J connectivity index is 1.62. The maximum atomic E-state index is 12.3. The van der Waals surface area contributed by atoms with E-state index in [1.807, 2.05) is 47.6 Å². The Kier molecular flexibility index (Phi) is 16.6. The van der Waals surface area contributed by atoms with Crippen LogP contribution in [0.4, 0.5) is 11.4 Å². The number of methoxy groups -OCH3 is 1. The summed E-state index contributed by atoms with van der Waals surface area (Å²) in [4.78, 5) is 12.4. The van der Waals surface area contributed by atoms with Gasteiger partial charge in [0.05, 0.1) is 33.3 Å². The number of hydrogen-bond donors (Lipinski definition) is 5. The fourth-order valence-electron chi connectivity index (χ4n) is 9.08. The van der Waals surface area contributed by atoms with Crippen LogP contribution in [0.3, 0.4) is 0 Å². The van der Waals surface area contributed by atoms with Gasteiger partial charge >= 0.3 is 5.97 Å². The van der Waals surface area contributed by atoms with E-state index < -0.39 is 68.8 Å². The van der Waals surface area contributed by atoms with Crippen molar-refractivity contribution in [2.24, 2.45) is 0 Å². The number of halogens is 1. The molecule has 0 radical (unpaired) electrons. The van der Waals surface area contributed by atoms with Gasteiger partial charge in [-0.3, -0.25) is 23.0 Å². The minimum atomic E-state index is -4.64. The molecule has 0 fully saturated rings. The molecule has 0 bridgehead atoms. The lowest BCUT2D eigenvalue weighted by molar-refractivity contribution is -0.438. The summed E-state index contributed by atoms with van der Waals surface area (Å²) in [5.74, 6) is -2.02. The number of carboxylic acid groups (broad SMARTS) is 1. The molecule has 3 aliphatic rings. The van der Waals surface area contributed by atoms with Crippen molar-refractivity contribution < 1.29 is 71.1 Å². The van der Waals surface area contributed by atoms with Crippen molar-refractivity contribution in [2.75, 3.05) is 43.2 Å². The molecule has 5 N–H and O–H groups in total. The Morgan fingerprint density at radius 2 is 1.38 bits per heavy atom. The molecule has 5 rings (SSSR count). The van der Waals surface area contributed by atoms with Crippen LogP contribution in [0, 0.1) is 0 Å². The topological polar surface area (TPSA) is 270 Å². The number of anilines is 1. The van der Waals surface area contributed by atoms with Crippen molar-refractivity contribution in [1.82, 2.24) is 0 Å². The number of benzene rings is 2. The summed E-state index contributed by atoms with van der Waals surface area (Å²) in [6.45, 7) is 4.61. The van der Waals surface area contributed by atoms with E-state index in [1.54, 1.807) is 12.1 Å². The van der Waals surface area contributed by atoms with Crippen LogP contribution in [-0.4, -0.2) is 112 Å². The average Bonchev–Trinajstić information content (AvgIpc) is 3.56. The third-order valence-electron chi connectivity index (χ3n) is 12.3. The molecule has 358 valence electrons. The fourth-order valence-corrected chi connectivity index (χ4v) is 11.4. The number of hydrogen-bond acceptors (Lipinski definition) is 11. The lowest BCUT2D eigenvalue weighted by Crippen LogP contribution is -2.32. The molecule has 65 heavy (non-hydrogen) atoms. The molecule has 2 aromatic rings. The lowest BCUT2D eigenvalue weighted by Gasteiger charge is -2.30. The number of aliphatic carboxylic acids is 1. The maximum absolute atomic E-state index is 12.3. The summed E-state index contributed by atoms with van der Waals surface area (Å²) >= 11 is 7.20. The van der Waals surface area contributed by atoms with Crippen molar-refractivity contribution in [3.8, 4) is 0 Å². The van der Waals surface area contributed by atoms with E-state index in [2.05, 4.69) is 0 Å². The Hall–Kier alpha value is -3.77. The highest BCUT2D eigenvalue weighted by Crippen LogP contribution is 2.51. The first kappa shape index (κ1) is 52.2. The van der Waals surface area contributed by atoms with Gasteiger partial charge in [0.15, 0.2) is 5.71 Å². The number of allylic oxidation sites excluding steroid dienone is 8. The molecule has 0 amide bonds. The van der Waals surface area contributed by atoms with Crippen LogP contribution in [0.5, 0.6) is 0 Å². The van der Waals surface area contributed by atoms with E-state index in [0.717, 1.165) is 11.1 Å². The summed E-state index contributed by atoms with van der Waals surface area (Å²) < 4.78 is 143. The Morgan fingerprint density at radius 1 is 0.785 bits per heavy atom. The lowest BCUT2D eigenvalue weighted by atomic mass is 9.75. The van der Waals surface area contributed by atoms with Gasteiger partial charge in [-0.2, -0.15) is 38.2 Å². The van der Waals surface area contributed by atoms with Gasteiger partial charge < -0.3 is 14.7 Å². The minimum Gasteiger partial charge on any atom is -0.481 e. The summed E-state index contributed by atoms with van der Waals surface area (Å²) in [6.07, 6.45) is 11.0. The van der Waals surface area contributed by atoms with Gasteiger partial charge in [-0.25, -0.2) is 0 Å². The van der Waals surface area contributed by atoms with Crippen LogP contribution >= 0.6 is 11.6 Å². The van der Waals surface area contributed by atoms with Gasteiger partial charge in [0.25, 0.3) is 40.5 Å². The second kappa shape index (κ2) is 20.6.